The second-order valence-electron chi connectivity index (χ2n) is 3.67. The van der Waals surface area contributed by atoms with E-state index in [2.05, 4.69) is 4.74 Å². The first kappa shape index (κ1) is 8.34. The Bertz CT molecular complexity index is 274. The third-order valence-electron chi connectivity index (χ3n) is 2.86. The summed E-state index contributed by atoms with van der Waals surface area (Å²) in [4.78, 5) is 21.7. The van der Waals surface area contributed by atoms with Crippen molar-refractivity contribution in [3.8, 4) is 0 Å². The highest BCUT2D eigenvalue weighted by molar-refractivity contribution is 5.78. The summed E-state index contributed by atoms with van der Waals surface area (Å²) in [6.07, 6.45) is -1.58. The molecule has 0 radical (unpaired) electrons. The van der Waals surface area contributed by atoms with Crippen LogP contribution in [0.4, 0.5) is 9.59 Å². The molecular weight excluding hydrogens is 176 g/mol. The van der Waals surface area contributed by atoms with Crippen LogP contribution >= 0.6 is 0 Å². The standard InChI is InChI=1S/C8H10O5/c1-4-5-3-8(4,2)13-7(10)12-6(9)11-5/h4-5H,3H2,1-2H3. The second-order valence-corrected chi connectivity index (χ2v) is 3.67. The Morgan fingerprint density at radius 2 is 2.08 bits per heavy atom. The molecule has 0 aromatic carbocycles. The van der Waals surface area contributed by atoms with Gasteiger partial charge < -0.3 is 14.2 Å². The topological polar surface area (TPSA) is 61.8 Å². The molecule has 72 valence electrons. The summed E-state index contributed by atoms with van der Waals surface area (Å²) in [5.74, 6) is 0.0318. The Balaban J connectivity index is 2.17. The molecule has 2 saturated heterocycles. The molecule has 5 nitrogen and oxygen atoms in total. The number of carbonyl (C=O) groups excluding carboxylic acids is 2. The highest BCUT2D eigenvalue weighted by Crippen LogP contribution is 2.44. The van der Waals surface area contributed by atoms with Crippen molar-refractivity contribution >= 4 is 12.3 Å². The van der Waals surface area contributed by atoms with Crippen LogP contribution in [0.3, 0.4) is 0 Å². The first-order valence-corrected chi connectivity index (χ1v) is 4.13. The fraction of sp³-hybridized carbons (Fsp3) is 0.750. The quantitative estimate of drug-likeness (QED) is 0.423. The Hall–Kier alpha value is -1.26. The number of ether oxygens (including phenoxy) is 3. The van der Waals surface area contributed by atoms with E-state index in [0.717, 1.165) is 0 Å². The fourth-order valence-corrected chi connectivity index (χ4v) is 1.70. The minimum absolute atomic E-state index is 0.0318. The molecule has 1 saturated carbocycles. The van der Waals surface area contributed by atoms with Crippen molar-refractivity contribution in [2.45, 2.75) is 32.0 Å². The van der Waals surface area contributed by atoms with Gasteiger partial charge in [0.2, 0.25) is 0 Å². The van der Waals surface area contributed by atoms with Crippen molar-refractivity contribution in [2.75, 3.05) is 0 Å². The van der Waals surface area contributed by atoms with Gasteiger partial charge >= 0.3 is 12.3 Å². The van der Waals surface area contributed by atoms with Gasteiger partial charge in [0.15, 0.2) is 0 Å². The van der Waals surface area contributed by atoms with E-state index in [4.69, 9.17) is 9.47 Å². The molecule has 3 unspecified atom stereocenters. The van der Waals surface area contributed by atoms with E-state index in [0.29, 0.717) is 6.42 Å². The van der Waals surface area contributed by atoms with Crippen molar-refractivity contribution < 1.29 is 23.8 Å². The molecule has 0 spiro atoms. The van der Waals surface area contributed by atoms with Gasteiger partial charge in [0.05, 0.1) is 0 Å². The Labute approximate surface area is 74.9 Å². The Kier molecular flexibility index (Phi) is 1.52. The summed E-state index contributed by atoms with van der Waals surface area (Å²) in [5, 5.41) is 0. The molecule has 3 fully saturated rings. The van der Waals surface area contributed by atoms with Crippen LogP contribution in [0.5, 0.6) is 0 Å². The van der Waals surface area contributed by atoms with Crippen LogP contribution in [0.1, 0.15) is 20.3 Å². The van der Waals surface area contributed by atoms with Crippen LogP contribution in [-0.2, 0) is 14.2 Å². The van der Waals surface area contributed by atoms with Crippen LogP contribution in [0.15, 0.2) is 0 Å². The van der Waals surface area contributed by atoms with Crippen molar-refractivity contribution in [1.29, 1.82) is 0 Å². The summed E-state index contributed by atoms with van der Waals surface area (Å²) in [5.41, 5.74) is -0.539. The molecule has 3 rings (SSSR count). The number of hydrogen-bond donors (Lipinski definition) is 0. The molecule has 0 aromatic rings. The summed E-state index contributed by atoms with van der Waals surface area (Å²) in [6, 6.07) is 0. The van der Waals surface area contributed by atoms with Gasteiger partial charge in [-0.1, -0.05) is 6.92 Å². The van der Waals surface area contributed by atoms with Crippen molar-refractivity contribution in [3.05, 3.63) is 0 Å². The summed E-state index contributed by atoms with van der Waals surface area (Å²) in [7, 11) is 0. The molecule has 13 heavy (non-hydrogen) atoms. The van der Waals surface area contributed by atoms with Gasteiger partial charge in [-0.3, -0.25) is 0 Å². The zero-order valence-corrected chi connectivity index (χ0v) is 7.40. The van der Waals surface area contributed by atoms with E-state index in [1.807, 2.05) is 6.92 Å². The lowest BCUT2D eigenvalue weighted by Gasteiger charge is -2.49. The molecule has 2 bridgehead atoms. The molecule has 2 heterocycles. The number of rotatable bonds is 0. The molecular formula is C8H10O5. The van der Waals surface area contributed by atoms with Gasteiger partial charge in [-0.15, -0.1) is 0 Å². The molecule has 2 aliphatic heterocycles. The fourth-order valence-electron chi connectivity index (χ4n) is 1.70. The lowest BCUT2D eigenvalue weighted by atomic mass is 9.69. The first-order valence-electron chi connectivity index (χ1n) is 4.13. The number of carbonyl (C=O) groups is 2. The average Bonchev–Trinajstić information content (AvgIpc) is 2.00. The van der Waals surface area contributed by atoms with Gasteiger partial charge in [0.1, 0.15) is 11.7 Å². The normalized spacial score (nSPS) is 43.2. The minimum Gasteiger partial charge on any atom is -0.430 e. The molecule has 3 atom stereocenters. The molecule has 0 aromatic heterocycles. The highest BCUT2D eigenvalue weighted by Gasteiger charge is 2.55. The zero-order chi connectivity index (χ0) is 9.64. The van der Waals surface area contributed by atoms with Crippen LogP contribution in [0.2, 0.25) is 0 Å². The van der Waals surface area contributed by atoms with Gasteiger partial charge in [-0.05, 0) is 6.92 Å². The predicted molar refractivity (Wildman–Crippen MR) is 40.0 cm³/mol. The van der Waals surface area contributed by atoms with Gasteiger partial charge in [0.25, 0.3) is 0 Å². The van der Waals surface area contributed by atoms with E-state index >= 15 is 0 Å². The number of hydrogen-bond acceptors (Lipinski definition) is 5. The number of fused-ring (bicyclic) bond motifs is 4. The third kappa shape index (κ3) is 1.15. The maximum absolute atomic E-state index is 10.9. The second kappa shape index (κ2) is 2.37. The largest absolute Gasteiger partial charge is 0.519 e. The lowest BCUT2D eigenvalue weighted by Crippen LogP contribution is -2.59. The maximum Gasteiger partial charge on any atom is 0.519 e. The minimum atomic E-state index is -0.975. The molecule has 0 N–H and O–H groups in total. The van der Waals surface area contributed by atoms with Crippen molar-refractivity contribution in [2.24, 2.45) is 5.92 Å². The van der Waals surface area contributed by atoms with Gasteiger partial charge in [0, 0.05) is 12.3 Å². The lowest BCUT2D eigenvalue weighted by molar-refractivity contribution is -0.191. The first-order chi connectivity index (χ1) is 6.01. The SMILES string of the molecule is CC1C2CC1(C)OC(=O)OC(=O)O2. The van der Waals surface area contributed by atoms with Crippen LogP contribution in [-0.4, -0.2) is 24.0 Å². The Morgan fingerprint density at radius 1 is 1.38 bits per heavy atom. The summed E-state index contributed by atoms with van der Waals surface area (Å²) < 4.78 is 14.0. The molecule has 1 aliphatic carbocycles. The van der Waals surface area contributed by atoms with Crippen LogP contribution in [0, 0.1) is 5.92 Å². The maximum atomic E-state index is 10.9. The molecule has 5 heteroatoms. The zero-order valence-electron chi connectivity index (χ0n) is 7.40. The van der Waals surface area contributed by atoms with Gasteiger partial charge in [-0.25, -0.2) is 9.59 Å². The molecule has 0 amide bonds. The van der Waals surface area contributed by atoms with E-state index in [-0.39, 0.29) is 12.0 Å². The van der Waals surface area contributed by atoms with Crippen molar-refractivity contribution in [3.63, 3.8) is 0 Å². The van der Waals surface area contributed by atoms with E-state index < -0.39 is 17.9 Å². The van der Waals surface area contributed by atoms with Crippen LogP contribution < -0.4 is 0 Å². The van der Waals surface area contributed by atoms with Crippen molar-refractivity contribution in [1.82, 2.24) is 0 Å². The van der Waals surface area contributed by atoms with Gasteiger partial charge in [-0.2, -0.15) is 0 Å². The van der Waals surface area contributed by atoms with E-state index in [1.165, 1.54) is 0 Å². The third-order valence-corrected chi connectivity index (χ3v) is 2.86. The molecule has 3 aliphatic rings. The average molecular weight is 186 g/mol. The summed E-state index contributed by atoms with van der Waals surface area (Å²) >= 11 is 0. The Morgan fingerprint density at radius 3 is 2.69 bits per heavy atom. The van der Waals surface area contributed by atoms with Crippen LogP contribution in [0.25, 0.3) is 0 Å². The summed E-state index contributed by atoms with van der Waals surface area (Å²) in [6.45, 7) is 3.68. The smallest absolute Gasteiger partial charge is 0.430 e. The van der Waals surface area contributed by atoms with E-state index in [1.54, 1.807) is 6.92 Å². The monoisotopic (exact) mass is 186 g/mol. The highest BCUT2D eigenvalue weighted by atomic mass is 16.8. The van der Waals surface area contributed by atoms with E-state index in [9.17, 15) is 9.59 Å². The predicted octanol–water partition coefficient (Wildman–Crippen LogP) is 1.46.